The molecule has 1 saturated carbocycles. The normalized spacial score (nSPS) is 40.6. The molecular weight excluding hydrogens is 339 g/mol. The van der Waals surface area contributed by atoms with Crippen LogP contribution in [0.3, 0.4) is 0 Å². The topological polar surface area (TPSA) is 55.8 Å². The van der Waals surface area contributed by atoms with Crippen molar-refractivity contribution in [3.05, 3.63) is 11.6 Å². The molecule has 2 bridgehead atoms. The fourth-order valence-corrected chi connectivity index (χ4v) is 5.61. The number of carbonyl (C=O) groups is 2. The zero-order valence-electron chi connectivity index (χ0n) is 13.9. The highest BCUT2D eigenvalue weighted by molar-refractivity contribution is 5.99. The van der Waals surface area contributed by atoms with E-state index in [0.29, 0.717) is 32.4 Å². The molecule has 0 unspecified atom stereocenters. The summed E-state index contributed by atoms with van der Waals surface area (Å²) in [5.74, 6) is -3.71. The lowest BCUT2D eigenvalue weighted by Gasteiger charge is -2.60. The summed E-state index contributed by atoms with van der Waals surface area (Å²) in [5.41, 5.74) is -3.93. The van der Waals surface area contributed by atoms with Crippen LogP contribution in [0.4, 0.5) is 13.2 Å². The van der Waals surface area contributed by atoms with E-state index in [2.05, 4.69) is 0 Å². The van der Waals surface area contributed by atoms with E-state index in [-0.39, 0.29) is 5.57 Å². The van der Waals surface area contributed by atoms with Crippen LogP contribution in [0.25, 0.3) is 0 Å². The third-order valence-corrected chi connectivity index (χ3v) is 6.44. The van der Waals surface area contributed by atoms with Gasteiger partial charge < -0.3 is 9.47 Å². The van der Waals surface area contributed by atoms with Crippen molar-refractivity contribution in [2.75, 3.05) is 20.2 Å². The molecular formula is C17H20F3NO4. The number of methoxy groups -OCH3 is 1. The van der Waals surface area contributed by atoms with E-state index in [9.17, 15) is 22.8 Å². The van der Waals surface area contributed by atoms with Gasteiger partial charge in [-0.3, -0.25) is 9.69 Å². The van der Waals surface area contributed by atoms with Crippen molar-refractivity contribution in [1.82, 2.24) is 4.90 Å². The average molecular weight is 359 g/mol. The molecule has 2 aliphatic carbocycles. The maximum absolute atomic E-state index is 14.1. The molecule has 0 N–H and O–H groups in total. The Morgan fingerprint density at radius 1 is 1.32 bits per heavy atom. The lowest BCUT2D eigenvalue weighted by Crippen LogP contribution is -2.74. The summed E-state index contributed by atoms with van der Waals surface area (Å²) in [6.45, 7) is 1.28. The van der Waals surface area contributed by atoms with Crippen LogP contribution < -0.4 is 0 Å². The first kappa shape index (κ1) is 16.9. The number of carbonyl (C=O) groups excluding carboxylic acids is 2. The van der Waals surface area contributed by atoms with Crippen molar-refractivity contribution in [2.45, 2.75) is 49.4 Å². The number of likely N-dealkylation sites (tertiary alicyclic amines) is 1. The van der Waals surface area contributed by atoms with Gasteiger partial charge in [-0.25, -0.2) is 4.79 Å². The minimum atomic E-state index is -4.78. The van der Waals surface area contributed by atoms with E-state index >= 15 is 0 Å². The molecule has 0 aromatic carbocycles. The zero-order valence-corrected chi connectivity index (χ0v) is 13.9. The lowest BCUT2D eigenvalue weighted by molar-refractivity contribution is -0.301. The molecule has 0 aromatic heterocycles. The number of alkyl halides is 3. The summed E-state index contributed by atoms with van der Waals surface area (Å²) in [5, 5.41) is 0. The van der Waals surface area contributed by atoms with Crippen LogP contribution in [0.15, 0.2) is 11.6 Å². The average Bonchev–Trinajstić information content (AvgIpc) is 3.22. The molecule has 3 heterocycles. The first-order valence-electron chi connectivity index (χ1n) is 8.63. The van der Waals surface area contributed by atoms with Gasteiger partial charge in [-0.15, -0.1) is 0 Å². The Morgan fingerprint density at radius 3 is 2.60 bits per heavy atom. The van der Waals surface area contributed by atoms with Crippen molar-refractivity contribution in [3.8, 4) is 0 Å². The summed E-state index contributed by atoms with van der Waals surface area (Å²) in [4.78, 5) is 26.9. The standard InChI is InChI=1S/C17H20F3NO4/c1-24-13(22)10-9-16(17(18,19)20)11-5-4-6-15(11,12(10)14(23)25-16)21-7-2-3-8-21/h9,11-12H,2-8H2,1H3/t11-,12-,15-,16-/m0/s1. The van der Waals surface area contributed by atoms with Gasteiger partial charge in [-0.1, -0.05) is 6.42 Å². The molecule has 3 fully saturated rings. The van der Waals surface area contributed by atoms with Crippen molar-refractivity contribution in [3.63, 3.8) is 0 Å². The Balaban J connectivity index is 1.96. The largest absolute Gasteiger partial charge is 0.466 e. The predicted octanol–water partition coefficient (Wildman–Crippen LogP) is 2.21. The van der Waals surface area contributed by atoms with E-state index in [1.54, 1.807) is 0 Å². The second kappa shape index (κ2) is 5.22. The Labute approximate surface area is 143 Å². The van der Waals surface area contributed by atoms with Crippen molar-refractivity contribution < 1.29 is 32.2 Å². The van der Waals surface area contributed by atoms with Gasteiger partial charge in [0.25, 0.3) is 0 Å². The van der Waals surface area contributed by atoms with Crippen molar-refractivity contribution in [2.24, 2.45) is 11.8 Å². The van der Waals surface area contributed by atoms with Gasteiger partial charge in [0.1, 0.15) is 5.92 Å². The van der Waals surface area contributed by atoms with Crippen LogP contribution in [0, 0.1) is 11.8 Å². The smallest absolute Gasteiger partial charge is 0.432 e. The lowest BCUT2D eigenvalue weighted by atomic mass is 9.58. The Morgan fingerprint density at radius 2 is 2.00 bits per heavy atom. The third-order valence-electron chi connectivity index (χ3n) is 6.44. The number of hydrogen-bond donors (Lipinski definition) is 0. The highest BCUT2D eigenvalue weighted by Gasteiger charge is 2.78. The van der Waals surface area contributed by atoms with Crippen LogP contribution in [0.2, 0.25) is 0 Å². The number of halogens is 3. The number of nitrogens with zero attached hydrogens (tertiary/aromatic N) is 1. The highest BCUT2D eigenvalue weighted by atomic mass is 19.4. The molecule has 0 aromatic rings. The van der Waals surface area contributed by atoms with Gasteiger partial charge >= 0.3 is 18.1 Å². The van der Waals surface area contributed by atoms with Gasteiger partial charge in [0, 0.05) is 11.5 Å². The fraction of sp³-hybridized carbons (Fsp3) is 0.765. The third kappa shape index (κ3) is 1.94. The number of rotatable bonds is 2. The molecule has 8 heteroatoms. The van der Waals surface area contributed by atoms with Crippen molar-refractivity contribution in [1.29, 1.82) is 0 Å². The highest BCUT2D eigenvalue weighted by Crippen LogP contribution is 2.64. The van der Waals surface area contributed by atoms with Crippen LogP contribution in [0.1, 0.15) is 32.1 Å². The quantitative estimate of drug-likeness (QED) is 0.708. The summed E-state index contributed by atoms with van der Waals surface area (Å²) < 4.78 is 52.1. The van der Waals surface area contributed by atoms with E-state index in [0.717, 1.165) is 26.0 Å². The van der Waals surface area contributed by atoms with Gasteiger partial charge in [-0.05, 0) is 44.8 Å². The fourth-order valence-electron chi connectivity index (χ4n) is 5.61. The maximum atomic E-state index is 14.1. The summed E-state index contributed by atoms with van der Waals surface area (Å²) in [6, 6.07) is 0. The zero-order chi connectivity index (χ0) is 18.0. The molecule has 0 amide bonds. The summed E-state index contributed by atoms with van der Waals surface area (Å²) in [7, 11) is 1.12. The minimum Gasteiger partial charge on any atom is -0.466 e. The van der Waals surface area contributed by atoms with Gasteiger partial charge in [0.05, 0.1) is 12.7 Å². The Kier molecular flexibility index (Phi) is 3.52. The molecule has 5 rings (SSSR count). The van der Waals surface area contributed by atoms with E-state index in [4.69, 9.17) is 9.47 Å². The van der Waals surface area contributed by atoms with Crippen LogP contribution in [0.5, 0.6) is 0 Å². The predicted molar refractivity (Wildman–Crippen MR) is 79.3 cm³/mol. The maximum Gasteiger partial charge on any atom is 0.432 e. The summed E-state index contributed by atoms with van der Waals surface area (Å²) in [6.07, 6.45) is -0.829. The Bertz CT molecular complexity index is 655. The van der Waals surface area contributed by atoms with Gasteiger partial charge in [-0.2, -0.15) is 13.2 Å². The number of hydrogen-bond acceptors (Lipinski definition) is 5. The molecule has 5 nitrogen and oxygen atoms in total. The first-order valence-corrected chi connectivity index (χ1v) is 8.63. The second-order valence-corrected chi connectivity index (χ2v) is 7.37. The van der Waals surface area contributed by atoms with Crippen LogP contribution >= 0.6 is 0 Å². The molecule has 3 aliphatic heterocycles. The number of fused-ring (bicyclic) bond motifs is 1. The Hall–Kier alpha value is -1.57. The molecule has 0 spiro atoms. The molecule has 2 saturated heterocycles. The van der Waals surface area contributed by atoms with E-state index in [1.807, 2.05) is 4.90 Å². The number of esters is 2. The van der Waals surface area contributed by atoms with Crippen molar-refractivity contribution >= 4 is 11.9 Å². The summed E-state index contributed by atoms with van der Waals surface area (Å²) >= 11 is 0. The van der Waals surface area contributed by atoms with Crippen LogP contribution in [-0.4, -0.2) is 54.4 Å². The first-order chi connectivity index (χ1) is 11.8. The van der Waals surface area contributed by atoms with Crippen LogP contribution in [-0.2, 0) is 19.1 Å². The van der Waals surface area contributed by atoms with E-state index < -0.39 is 41.1 Å². The SMILES string of the molecule is COC(=O)C1=C[C@]2(C(F)(F)F)OC(=O)[C@H]1[C@]1(N3CCCC3)CCC[C@@H]12. The van der Waals surface area contributed by atoms with Gasteiger partial charge in [0.15, 0.2) is 0 Å². The molecule has 5 aliphatic rings. The monoisotopic (exact) mass is 359 g/mol. The molecule has 4 atom stereocenters. The number of ether oxygens (including phenoxy) is 2. The molecule has 138 valence electrons. The molecule has 25 heavy (non-hydrogen) atoms. The minimum absolute atomic E-state index is 0.193. The van der Waals surface area contributed by atoms with Gasteiger partial charge in [0.2, 0.25) is 5.60 Å². The van der Waals surface area contributed by atoms with E-state index in [1.165, 1.54) is 0 Å². The molecule has 0 radical (unpaired) electrons. The second-order valence-electron chi connectivity index (χ2n) is 7.37.